The highest BCUT2D eigenvalue weighted by atomic mass is 32.2. The monoisotopic (exact) mass is 432 g/mol. The lowest BCUT2D eigenvalue weighted by Gasteiger charge is -2.26. The fourth-order valence-corrected chi connectivity index (χ4v) is 4.58. The number of nitrogens with one attached hydrogen (secondary N) is 1. The zero-order valence-electron chi connectivity index (χ0n) is 16.9. The second-order valence-corrected chi connectivity index (χ2v) is 8.91. The minimum Gasteiger partial charge on any atom is -0.465 e. The van der Waals surface area contributed by atoms with Crippen LogP contribution in [0.15, 0.2) is 42.5 Å². The van der Waals surface area contributed by atoms with E-state index in [9.17, 15) is 18.0 Å². The molecule has 0 saturated carbocycles. The molecule has 0 unspecified atom stereocenters. The quantitative estimate of drug-likeness (QED) is 0.702. The Bertz CT molecular complexity index is 1030. The van der Waals surface area contributed by atoms with Crippen LogP contribution in [0.25, 0.3) is 0 Å². The Morgan fingerprint density at radius 3 is 2.33 bits per heavy atom. The van der Waals surface area contributed by atoms with Crippen molar-refractivity contribution >= 4 is 27.6 Å². The number of hydrogen-bond donors (Lipinski definition) is 1. The topological polar surface area (TPSA) is 102 Å². The van der Waals surface area contributed by atoms with Crippen molar-refractivity contribution in [3.8, 4) is 0 Å². The number of anilines is 1. The first-order valence-electron chi connectivity index (χ1n) is 9.45. The van der Waals surface area contributed by atoms with Crippen molar-refractivity contribution in [2.75, 3.05) is 38.7 Å². The van der Waals surface area contributed by atoms with Gasteiger partial charge in [0.2, 0.25) is 10.0 Å². The van der Waals surface area contributed by atoms with Crippen LogP contribution in [-0.2, 0) is 25.2 Å². The van der Waals surface area contributed by atoms with E-state index in [4.69, 9.17) is 9.47 Å². The number of amides is 1. The van der Waals surface area contributed by atoms with E-state index in [-0.39, 0.29) is 11.7 Å². The standard InChI is InChI=1S/C21H24N2O6S/c1-15-3-6-18(21(25)28-2)13-19(15)22-20(24)17-7-4-16(5-8-17)14-30(26,27)23-9-11-29-12-10-23/h3-8,13H,9-12,14H2,1-2H3,(H,22,24). The van der Waals surface area contributed by atoms with Crippen molar-refractivity contribution in [1.82, 2.24) is 4.31 Å². The minimum atomic E-state index is -3.43. The molecule has 3 rings (SSSR count). The summed E-state index contributed by atoms with van der Waals surface area (Å²) in [5, 5.41) is 2.78. The van der Waals surface area contributed by atoms with E-state index in [0.29, 0.717) is 48.7 Å². The smallest absolute Gasteiger partial charge is 0.337 e. The Labute approximate surface area is 175 Å². The fourth-order valence-electron chi connectivity index (χ4n) is 3.07. The lowest BCUT2D eigenvalue weighted by molar-refractivity contribution is 0.0600. The van der Waals surface area contributed by atoms with Crippen LogP contribution >= 0.6 is 0 Å². The maximum Gasteiger partial charge on any atom is 0.337 e. The number of benzene rings is 2. The van der Waals surface area contributed by atoms with Crippen LogP contribution in [0.4, 0.5) is 5.69 Å². The number of ether oxygens (including phenoxy) is 2. The second kappa shape index (κ2) is 9.38. The summed E-state index contributed by atoms with van der Waals surface area (Å²) >= 11 is 0. The molecule has 1 amide bonds. The maximum absolute atomic E-state index is 12.6. The van der Waals surface area contributed by atoms with Gasteiger partial charge in [0.15, 0.2) is 0 Å². The van der Waals surface area contributed by atoms with Gasteiger partial charge in [-0.1, -0.05) is 18.2 Å². The molecular formula is C21H24N2O6S. The molecule has 0 bridgehead atoms. The normalized spacial score (nSPS) is 14.9. The van der Waals surface area contributed by atoms with E-state index in [1.807, 2.05) is 6.92 Å². The van der Waals surface area contributed by atoms with Crippen molar-refractivity contribution in [2.45, 2.75) is 12.7 Å². The Morgan fingerprint density at radius 2 is 1.70 bits per heavy atom. The number of hydrogen-bond acceptors (Lipinski definition) is 6. The molecule has 30 heavy (non-hydrogen) atoms. The molecule has 0 aromatic heterocycles. The summed E-state index contributed by atoms with van der Waals surface area (Å²) in [4.78, 5) is 24.3. The van der Waals surface area contributed by atoms with Crippen molar-refractivity contribution in [3.63, 3.8) is 0 Å². The highest BCUT2D eigenvalue weighted by molar-refractivity contribution is 7.88. The first-order chi connectivity index (χ1) is 14.3. The summed E-state index contributed by atoms with van der Waals surface area (Å²) in [6.45, 7) is 3.32. The summed E-state index contributed by atoms with van der Waals surface area (Å²) < 4.78 is 36.4. The van der Waals surface area contributed by atoms with E-state index in [1.165, 1.54) is 11.4 Å². The van der Waals surface area contributed by atoms with Crippen LogP contribution in [0.2, 0.25) is 0 Å². The maximum atomic E-state index is 12.6. The molecule has 0 atom stereocenters. The van der Waals surface area contributed by atoms with Gasteiger partial charge >= 0.3 is 5.97 Å². The van der Waals surface area contributed by atoms with Gasteiger partial charge in [0.05, 0.1) is 31.6 Å². The lowest BCUT2D eigenvalue weighted by Crippen LogP contribution is -2.41. The molecule has 0 spiro atoms. The molecule has 2 aromatic rings. The van der Waals surface area contributed by atoms with Gasteiger partial charge in [-0.3, -0.25) is 4.79 Å². The number of nitrogens with zero attached hydrogens (tertiary/aromatic N) is 1. The Kier molecular flexibility index (Phi) is 6.86. The lowest BCUT2D eigenvalue weighted by atomic mass is 10.1. The number of sulfonamides is 1. The number of carbonyl (C=O) groups is 2. The van der Waals surface area contributed by atoms with Gasteiger partial charge in [-0.15, -0.1) is 0 Å². The highest BCUT2D eigenvalue weighted by Crippen LogP contribution is 2.19. The second-order valence-electron chi connectivity index (χ2n) is 6.94. The third kappa shape index (κ3) is 5.24. The van der Waals surface area contributed by atoms with Gasteiger partial charge in [-0.25, -0.2) is 13.2 Å². The van der Waals surface area contributed by atoms with Gasteiger partial charge in [0, 0.05) is 24.3 Å². The predicted molar refractivity (Wildman–Crippen MR) is 112 cm³/mol. The SMILES string of the molecule is COC(=O)c1ccc(C)c(NC(=O)c2ccc(CS(=O)(=O)N3CCOCC3)cc2)c1. The van der Waals surface area contributed by atoms with Crippen molar-refractivity contribution in [3.05, 3.63) is 64.7 Å². The Morgan fingerprint density at radius 1 is 1.07 bits per heavy atom. The van der Waals surface area contributed by atoms with Crippen molar-refractivity contribution in [1.29, 1.82) is 0 Å². The molecule has 8 nitrogen and oxygen atoms in total. The Balaban J connectivity index is 1.69. The molecule has 9 heteroatoms. The highest BCUT2D eigenvalue weighted by Gasteiger charge is 2.24. The average Bonchev–Trinajstić information content (AvgIpc) is 2.75. The first kappa shape index (κ1) is 21.9. The van der Waals surface area contributed by atoms with Crippen LogP contribution in [0.5, 0.6) is 0 Å². The van der Waals surface area contributed by atoms with Crippen LogP contribution in [-0.4, -0.2) is 58.0 Å². The third-order valence-electron chi connectivity index (χ3n) is 4.84. The summed E-state index contributed by atoms with van der Waals surface area (Å²) in [7, 11) is -2.14. The van der Waals surface area contributed by atoms with Crippen molar-refractivity contribution < 1.29 is 27.5 Å². The Hall–Kier alpha value is -2.75. The number of esters is 1. The molecule has 160 valence electrons. The van der Waals surface area contributed by atoms with Crippen LogP contribution in [0, 0.1) is 6.92 Å². The van der Waals surface area contributed by atoms with E-state index in [2.05, 4.69) is 5.32 Å². The molecule has 0 radical (unpaired) electrons. The van der Waals surface area contributed by atoms with E-state index >= 15 is 0 Å². The number of methoxy groups -OCH3 is 1. The molecule has 1 fully saturated rings. The zero-order chi connectivity index (χ0) is 21.7. The summed E-state index contributed by atoms with van der Waals surface area (Å²) in [6, 6.07) is 11.3. The van der Waals surface area contributed by atoms with Gasteiger partial charge in [0.25, 0.3) is 5.91 Å². The third-order valence-corrected chi connectivity index (χ3v) is 6.69. The molecule has 1 N–H and O–H groups in total. The van der Waals surface area contributed by atoms with E-state index < -0.39 is 16.0 Å². The molecule has 1 heterocycles. The summed E-state index contributed by atoms with van der Waals surface area (Å²) in [6.07, 6.45) is 0. The van der Waals surface area contributed by atoms with E-state index in [1.54, 1.807) is 42.5 Å². The number of carbonyl (C=O) groups excluding carboxylic acids is 2. The number of aryl methyl sites for hydroxylation is 1. The molecule has 1 aliphatic rings. The molecular weight excluding hydrogens is 408 g/mol. The van der Waals surface area contributed by atoms with Gasteiger partial charge in [-0.05, 0) is 42.3 Å². The molecule has 0 aliphatic carbocycles. The van der Waals surface area contributed by atoms with Crippen LogP contribution < -0.4 is 5.32 Å². The first-order valence-corrected chi connectivity index (χ1v) is 11.1. The van der Waals surface area contributed by atoms with E-state index in [0.717, 1.165) is 5.56 Å². The van der Waals surface area contributed by atoms with Crippen molar-refractivity contribution in [2.24, 2.45) is 0 Å². The zero-order valence-corrected chi connectivity index (χ0v) is 17.7. The van der Waals surface area contributed by atoms with Crippen LogP contribution in [0.1, 0.15) is 31.8 Å². The summed E-state index contributed by atoms with van der Waals surface area (Å²) in [5.41, 5.74) is 2.61. The number of morpholine rings is 1. The fraction of sp³-hybridized carbons (Fsp3) is 0.333. The molecule has 2 aromatic carbocycles. The molecule has 1 aliphatic heterocycles. The number of rotatable bonds is 6. The van der Waals surface area contributed by atoms with Gasteiger partial charge in [0.1, 0.15) is 0 Å². The molecule has 1 saturated heterocycles. The predicted octanol–water partition coefficient (Wildman–Crippen LogP) is 2.20. The van der Waals surface area contributed by atoms with Crippen LogP contribution in [0.3, 0.4) is 0 Å². The average molecular weight is 432 g/mol. The minimum absolute atomic E-state index is 0.130. The van der Waals surface area contributed by atoms with Gasteiger partial charge < -0.3 is 14.8 Å². The largest absolute Gasteiger partial charge is 0.465 e. The van der Waals surface area contributed by atoms with Gasteiger partial charge in [-0.2, -0.15) is 4.31 Å². The summed E-state index contributed by atoms with van der Waals surface area (Å²) in [5.74, 6) is -0.978.